The minimum atomic E-state index is -1.06. The fourth-order valence-corrected chi connectivity index (χ4v) is 3.41. The quantitative estimate of drug-likeness (QED) is 0.209. The van der Waals surface area contributed by atoms with Gasteiger partial charge in [0.15, 0.2) is 5.78 Å². The summed E-state index contributed by atoms with van der Waals surface area (Å²) in [5, 5.41) is 21.9. The lowest BCUT2D eigenvalue weighted by molar-refractivity contribution is -0.171. The van der Waals surface area contributed by atoms with E-state index in [4.69, 9.17) is 14.6 Å². The Morgan fingerprint density at radius 3 is 2.28 bits per heavy atom. The summed E-state index contributed by atoms with van der Waals surface area (Å²) in [4.78, 5) is 47.1. The van der Waals surface area contributed by atoms with Crippen molar-refractivity contribution in [2.24, 2.45) is 11.8 Å². The molecule has 6 atom stereocenters. The average Bonchev–Trinajstić information content (AvgIpc) is 2.81. The van der Waals surface area contributed by atoms with E-state index >= 15 is 0 Å². The number of carbonyl (C=O) groups is 4. The zero-order valence-electron chi connectivity index (χ0n) is 21.9. The summed E-state index contributed by atoms with van der Waals surface area (Å²) < 4.78 is 10.7. The number of Topliss-reactive ketones (excluding diaryl/α,β-unsaturated/α-hetero) is 1. The van der Waals surface area contributed by atoms with E-state index in [0.29, 0.717) is 6.42 Å². The summed E-state index contributed by atoms with van der Waals surface area (Å²) in [7, 11) is 0. The molecule has 0 radical (unpaired) electrons. The Morgan fingerprint density at radius 2 is 1.67 bits per heavy atom. The number of aliphatic hydroxyl groups excluding tert-OH is 2. The van der Waals surface area contributed by atoms with Crippen LogP contribution in [0.5, 0.6) is 0 Å². The number of hydrogen-bond donors (Lipinski definition) is 3. The van der Waals surface area contributed by atoms with Gasteiger partial charge in [-0.1, -0.05) is 48.5 Å². The first kappa shape index (κ1) is 31.0. The minimum absolute atomic E-state index is 0.170. The Morgan fingerprint density at radius 1 is 1.06 bits per heavy atom. The highest BCUT2D eigenvalue weighted by atomic mass is 16.6. The van der Waals surface area contributed by atoms with E-state index in [0.717, 1.165) is 11.1 Å². The SMILES string of the molecule is CC(=O)O[C@H](/C=C/C(C)=C/C[C@H](O)/C=C/C(C)=C/CNC(=O)[C@H](C)O)C[C@H]1OC(=O)[C@@H](C)C(=O)[C@@H]1C. The molecule has 1 heterocycles. The number of carbonyl (C=O) groups excluding carboxylic acids is 4. The molecular formula is C27H39NO8. The number of amides is 1. The van der Waals surface area contributed by atoms with Crippen molar-refractivity contribution in [3.63, 3.8) is 0 Å². The maximum Gasteiger partial charge on any atom is 0.316 e. The molecule has 200 valence electrons. The molecule has 9 nitrogen and oxygen atoms in total. The Balaban J connectivity index is 2.68. The topological polar surface area (TPSA) is 139 Å². The molecule has 0 aliphatic carbocycles. The normalized spacial score (nSPS) is 23.9. The number of aliphatic hydroxyl groups is 2. The van der Waals surface area contributed by atoms with Crippen LogP contribution in [0.2, 0.25) is 0 Å². The average molecular weight is 506 g/mol. The van der Waals surface area contributed by atoms with Crippen molar-refractivity contribution in [1.29, 1.82) is 0 Å². The van der Waals surface area contributed by atoms with Gasteiger partial charge in [0.1, 0.15) is 24.2 Å². The van der Waals surface area contributed by atoms with Crippen LogP contribution in [0.4, 0.5) is 0 Å². The summed E-state index contributed by atoms with van der Waals surface area (Å²) in [6.45, 7) is 9.84. The second kappa shape index (κ2) is 15.2. The molecule has 0 aromatic heterocycles. The molecule has 36 heavy (non-hydrogen) atoms. The van der Waals surface area contributed by atoms with Crippen LogP contribution in [-0.4, -0.2) is 64.8 Å². The zero-order valence-corrected chi connectivity index (χ0v) is 21.9. The first-order valence-electron chi connectivity index (χ1n) is 12.1. The monoisotopic (exact) mass is 505 g/mol. The minimum Gasteiger partial charge on any atom is -0.461 e. The summed E-state index contributed by atoms with van der Waals surface area (Å²) in [6.07, 6.45) is 7.75. The van der Waals surface area contributed by atoms with Gasteiger partial charge in [-0.3, -0.25) is 19.2 Å². The van der Waals surface area contributed by atoms with Crippen LogP contribution < -0.4 is 5.32 Å². The molecule has 9 heteroatoms. The number of allylic oxidation sites excluding steroid dienone is 4. The molecule has 0 aromatic carbocycles. The molecule has 1 fully saturated rings. The first-order chi connectivity index (χ1) is 16.8. The highest BCUT2D eigenvalue weighted by Crippen LogP contribution is 2.26. The lowest BCUT2D eigenvalue weighted by Gasteiger charge is -2.32. The van der Waals surface area contributed by atoms with E-state index in [1.807, 2.05) is 19.9 Å². The molecule has 1 aliphatic heterocycles. The number of nitrogens with one attached hydrogen (secondary N) is 1. The van der Waals surface area contributed by atoms with Gasteiger partial charge in [-0.15, -0.1) is 0 Å². The van der Waals surface area contributed by atoms with Gasteiger partial charge in [0.2, 0.25) is 5.91 Å². The second-order valence-corrected chi connectivity index (χ2v) is 9.11. The molecule has 1 rings (SSSR count). The summed E-state index contributed by atoms with van der Waals surface area (Å²) in [5.74, 6) is -2.98. The van der Waals surface area contributed by atoms with Crippen LogP contribution in [0, 0.1) is 11.8 Å². The van der Waals surface area contributed by atoms with E-state index in [1.165, 1.54) is 20.8 Å². The van der Waals surface area contributed by atoms with Gasteiger partial charge in [0.25, 0.3) is 0 Å². The highest BCUT2D eigenvalue weighted by Gasteiger charge is 2.41. The molecule has 0 saturated carbocycles. The van der Waals surface area contributed by atoms with Crippen molar-refractivity contribution in [2.75, 3.05) is 6.54 Å². The van der Waals surface area contributed by atoms with Gasteiger partial charge < -0.3 is 25.0 Å². The van der Waals surface area contributed by atoms with Crippen LogP contribution in [0.15, 0.2) is 47.6 Å². The lowest BCUT2D eigenvalue weighted by atomic mass is 9.86. The number of cyclic esters (lactones) is 1. The van der Waals surface area contributed by atoms with Crippen molar-refractivity contribution in [1.82, 2.24) is 5.32 Å². The first-order valence-corrected chi connectivity index (χ1v) is 12.1. The molecule has 1 saturated heterocycles. The smallest absolute Gasteiger partial charge is 0.316 e. The molecular weight excluding hydrogens is 466 g/mol. The van der Waals surface area contributed by atoms with Crippen molar-refractivity contribution < 1.29 is 38.9 Å². The van der Waals surface area contributed by atoms with E-state index in [9.17, 15) is 24.3 Å². The molecule has 1 aliphatic rings. The number of hydrogen-bond acceptors (Lipinski definition) is 8. The number of rotatable bonds is 12. The summed E-state index contributed by atoms with van der Waals surface area (Å²) in [6, 6.07) is 0. The van der Waals surface area contributed by atoms with E-state index in [2.05, 4.69) is 5.32 Å². The van der Waals surface area contributed by atoms with Crippen molar-refractivity contribution in [2.45, 2.75) is 78.8 Å². The van der Waals surface area contributed by atoms with Gasteiger partial charge in [0, 0.05) is 19.9 Å². The number of esters is 2. The van der Waals surface area contributed by atoms with Crippen LogP contribution in [0.1, 0.15) is 54.4 Å². The third-order valence-electron chi connectivity index (χ3n) is 5.75. The predicted octanol–water partition coefficient (Wildman–Crippen LogP) is 2.33. The molecule has 0 aromatic rings. The second-order valence-electron chi connectivity index (χ2n) is 9.11. The van der Waals surface area contributed by atoms with Crippen LogP contribution in [0.25, 0.3) is 0 Å². The third-order valence-corrected chi connectivity index (χ3v) is 5.75. The number of ether oxygens (including phenoxy) is 2. The van der Waals surface area contributed by atoms with Crippen LogP contribution in [0.3, 0.4) is 0 Å². The molecule has 0 unspecified atom stereocenters. The Hall–Kier alpha value is -3.04. The Labute approximate surface area is 212 Å². The van der Waals surface area contributed by atoms with Gasteiger partial charge >= 0.3 is 11.9 Å². The fraction of sp³-hybridized carbons (Fsp3) is 0.556. The lowest BCUT2D eigenvalue weighted by Crippen LogP contribution is -2.45. The maximum atomic E-state index is 12.3. The van der Waals surface area contributed by atoms with Gasteiger partial charge in [-0.05, 0) is 40.2 Å². The largest absolute Gasteiger partial charge is 0.461 e. The summed E-state index contributed by atoms with van der Waals surface area (Å²) in [5.41, 5.74) is 1.67. The Bertz CT molecular complexity index is 915. The van der Waals surface area contributed by atoms with Crippen molar-refractivity contribution in [3.8, 4) is 0 Å². The zero-order chi connectivity index (χ0) is 27.4. The Kier molecular flexibility index (Phi) is 13.0. The number of ketones is 1. The fourth-order valence-electron chi connectivity index (χ4n) is 3.41. The van der Waals surface area contributed by atoms with E-state index in [-0.39, 0.29) is 18.7 Å². The molecule has 1 amide bonds. The van der Waals surface area contributed by atoms with Crippen LogP contribution in [-0.2, 0) is 28.7 Å². The van der Waals surface area contributed by atoms with E-state index in [1.54, 1.807) is 37.3 Å². The van der Waals surface area contributed by atoms with Gasteiger partial charge in [-0.2, -0.15) is 0 Å². The summed E-state index contributed by atoms with van der Waals surface area (Å²) >= 11 is 0. The molecule has 0 bridgehead atoms. The van der Waals surface area contributed by atoms with Crippen LogP contribution >= 0.6 is 0 Å². The standard InChI is InChI=1S/C27H39NO8/c1-16(7-10-22(31)11-8-17(2)13-14-28-26(33)20(5)29)9-12-23(35-21(6)30)15-24-18(3)25(32)19(4)27(34)36-24/h7-9,11-13,18-20,22-24,29,31H,10,14-15H2,1-6H3,(H,28,33)/b11-8+,12-9+,16-7+,17-13+/t18-,19+,20+,22+,23-,24-/m1/s1. The predicted molar refractivity (Wildman–Crippen MR) is 134 cm³/mol. The highest BCUT2D eigenvalue weighted by molar-refractivity contribution is 6.01. The molecule has 3 N–H and O–H groups in total. The molecule has 0 spiro atoms. The van der Waals surface area contributed by atoms with E-state index < -0.39 is 54.1 Å². The maximum absolute atomic E-state index is 12.3. The van der Waals surface area contributed by atoms with Gasteiger partial charge in [-0.25, -0.2) is 0 Å². The van der Waals surface area contributed by atoms with Gasteiger partial charge in [0.05, 0.1) is 12.0 Å². The third kappa shape index (κ3) is 11.1. The van der Waals surface area contributed by atoms with Crippen molar-refractivity contribution >= 4 is 23.6 Å². The van der Waals surface area contributed by atoms with Crippen molar-refractivity contribution in [3.05, 3.63) is 47.6 Å².